The number of fused-ring (bicyclic) bond motifs is 1. The summed E-state index contributed by atoms with van der Waals surface area (Å²) < 4.78 is 0.780. The number of aliphatic hydroxyl groups is 1. The summed E-state index contributed by atoms with van der Waals surface area (Å²) in [7, 11) is 0. The van der Waals surface area contributed by atoms with Crippen LogP contribution in [-0.4, -0.2) is 5.11 Å². The van der Waals surface area contributed by atoms with Crippen molar-refractivity contribution in [3.8, 4) is 0 Å². The van der Waals surface area contributed by atoms with Crippen molar-refractivity contribution in [1.29, 1.82) is 0 Å². The summed E-state index contributed by atoms with van der Waals surface area (Å²) in [5, 5.41) is 10.1. The number of hydrogen-bond donors (Lipinski definition) is 1. The van der Waals surface area contributed by atoms with Crippen LogP contribution in [0.1, 0.15) is 30.2 Å². The molecule has 2 fully saturated rings. The minimum atomic E-state index is -0.264. The predicted octanol–water partition coefficient (Wildman–Crippen LogP) is 3.48. The summed E-state index contributed by atoms with van der Waals surface area (Å²) in [6.45, 7) is 0. The quantitative estimate of drug-likeness (QED) is 0.822. The van der Waals surface area contributed by atoms with E-state index in [9.17, 15) is 5.11 Å². The van der Waals surface area contributed by atoms with Crippen LogP contribution in [0.15, 0.2) is 12.1 Å². The standard InChI is InChI=1S/C11H13ClOS/c12-10-2-1-9(14-10)11(13)8-4-6-3-7(6)5-8/h1-2,6-8,11,13H,3-5H2. The summed E-state index contributed by atoms with van der Waals surface area (Å²) in [5.74, 6) is 2.36. The van der Waals surface area contributed by atoms with Crippen molar-refractivity contribution in [3.63, 3.8) is 0 Å². The second kappa shape index (κ2) is 3.22. The lowest BCUT2D eigenvalue weighted by Crippen LogP contribution is -2.09. The van der Waals surface area contributed by atoms with E-state index >= 15 is 0 Å². The highest BCUT2D eigenvalue weighted by atomic mass is 35.5. The molecule has 1 heterocycles. The molecule has 0 aromatic carbocycles. The first-order valence-corrected chi connectivity index (χ1v) is 6.37. The molecule has 1 N–H and O–H groups in total. The highest BCUT2D eigenvalue weighted by Crippen LogP contribution is 2.57. The lowest BCUT2D eigenvalue weighted by molar-refractivity contribution is 0.108. The first kappa shape index (κ1) is 9.20. The van der Waals surface area contributed by atoms with Crippen molar-refractivity contribution in [2.24, 2.45) is 17.8 Å². The van der Waals surface area contributed by atoms with Crippen LogP contribution in [0, 0.1) is 17.8 Å². The third-order valence-corrected chi connectivity index (χ3v) is 4.91. The molecule has 2 aliphatic carbocycles. The minimum absolute atomic E-state index is 0.264. The summed E-state index contributed by atoms with van der Waals surface area (Å²) in [6.07, 6.45) is 3.59. The number of rotatable bonds is 2. The molecular formula is C11H13ClOS. The molecule has 3 unspecified atom stereocenters. The molecular weight excluding hydrogens is 216 g/mol. The van der Waals surface area contributed by atoms with Crippen molar-refractivity contribution < 1.29 is 5.11 Å². The van der Waals surface area contributed by atoms with Crippen LogP contribution < -0.4 is 0 Å². The maximum absolute atomic E-state index is 10.1. The smallest absolute Gasteiger partial charge is 0.0932 e. The number of aliphatic hydroxyl groups excluding tert-OH is 1. The SMILES string of the molecule is OC(c1ccc(Cl)s1)C1CC2CC2C1. The molecule has 2 saturated carbocycles. The van der Waals surface area contributed by atoms with Crippen LogP contribution in [0.3, 0.4) is 0 Å². The first-order chi connectivity index (χ1) is 6.74. The Morgan fingerprint density at radius 1 is 1.29 bits per heavy atom. The van der Waals surface area contributed by atoms with Crippen LogP contribution in [-0.2, 0) is 0 Å². The van der Waals surface area contributed by atoms with E-state index in [4.69, 9.17) is 11.6 Å². The van der Waals surface area contributed by atoms with E-state index in [1.807, 2.05) is 12.1 Å². The molecule has 0 spiro atoms. The highest BCUT2D eigenvalue weighted by Gasteiger charge is 2.48. The van der Waals surface area contributed by atoms with Gasteiger partial charge in [0.25, 0.3) is 0 Å². The van der Waals surface area contributed by atoms with Gasteiger partial charge in [-0.1, -0.05) is 11.6 Å². The normalized spacial score (nSPS) is 36.9. The van der Waals surface area contributed by atoms with Gasteiger partial charge in [-0.2, -0.15) is 0 Å². The zero-order chi connectivity index (χ0) is 9.71. The average molecular weight is 229 g/mol. The molecule has 76 valence electrons. The molecule has 1 aromatic rings. The van der Waals surface area contributed by atoms with Gasteiger partial charge < -0.3 is 5.11 Å². The van der Waals surface area contributed by atoms with Gasteiger partial charge in [0.1, 0.15) is 0 Å². The number of hydrogen-bond acceptors (Lipinski definition) is 2. The van der Waals surface area contributed by atoms with Crippen LogP contribution in [0.25, 0.3) is 0 Å². The topological polar surface area (TPSA) is 20.2 Å². The van der Waals surface area contributed by atoms with E-state index in [2.05, 4.69) is 0 Å². The van der Waals surface area contributed by atoms with Crippen molar-refractivity contribution in [3.05, 3.63) is 21.3 Å². The molecule has 0 radical (unpaired) electrons. The maximum atomic E-state index is 10.1. The Labute approximate surface area is 92.7 Å². The van der Waals surface area contributed by atoms with Gasteiger partial charge in [-0.3, -0.25) is 0 Å². The Hall–Kier alpha value is -0.0500. The predicted molar refractivity (Wildman–Crippen MR) is 58.6 cm³/mol. The second-order valence-corrected chi connectivity index (χ2v) is 6.32. The van der Waals surface area contributed by atoms with E-state index in [0.29, 0.717) is 5.92 Å². The van der Waals surface area contributed by atoms with Crippen LogP contribution >= 0.6 is 22.9 Å². The van der Waals surface area contributed by atoms with E-state index in [0.717, 1.165) is 21.0 Å². The summed E-state index contributed by atoms with van der Waals surface area (Å²) in [6, 6.07) is 3.84. The van der Waals surface area contributed by atoms with Gasteiger partial charge in [-0.25, -0.2) is 0 Å². The number of halogens is 1. The Bertz CT molecular complexity index is 339. The van der Waals surface area contributed by atoms with Crippen molar-refractivity contribution in [2.75, 3.05) is 0 Å². The molecule has 0 saturated heterocycles. The first-order valence-electron chi connectivity index (χ1n) is 5.17. The van der Waals surface area contributed by atoms with Gasteiger partial charge >= 0.3 is 0 Å². The Kier molecular flexibility index (Phi) is 2.12. The van der Waals surface area contributed by atoms with Crippen LogP contribution in [0.2, 0.25) is 4.34 Å². The molecule has 2 aliphatic rings. The summed E-state index contributed by atoms with van der Waals surface area (Å²) in [5.41, 5.74) is 0. The lowest BCUT2D eigenvalue weighted by Gasteiger charge is -2.17. The van der Waals surface area contributed by atoms with Crippen molar-refractivity contribution in [1.82, 2.24) is 0 Å². The molecule has 0 aliphatic heterocycles. The fourth-order valence-corrected chi connectivity index (χ4v) is 3.88. The molecule has 3 rings (SSSR count). The molecule has 3 heteroatoms. The van der Waals surface area contributed by atoms with Gasteiger partial charge in [0, 0.05) is 4.88 Å². The monoisotopic (exact) mass is 228 g/mol. The molecule has 1 nitrogen and oxygen atoms in total. The minimum Gasteiger partial charge on any atom is -0.387 e. The van der Waals surface area contributed by atoms with E-state index < -0.39 is 0 Å². The Morgan fingerprint density at radius 2 is 2.00 bits per heavy atom. The van der Waals surface area contributed by atoms with E-state index in [1.165, 1.54) is 30.6 Å². The van der Waals surface area contributed by atoms with Gasteiger partial charge in [0.15, 0.2) is 0 Å². The number of thiophene rings is 1. The zero-order valence-corrected chi connectivity index (χ0v) is 9.39. The lowest BCUT2D eigenvalue weighted by atomic mass is 9.96. The maximum Gasteiger partial charge on any atom is 0.0932 e. The summed E-state index contributed by atoms with van der Waals surface area (Å²) in [4.78, 5) is 1.04. The average Bonchev–Trinajstić information content (AvgIpc) is 2.64. The zero-order valence-electron chi connectivity index (χ0n) is 7.82. The third-order valence-electron chi connectivity index (χ3n) is 3.61. The Morgan fingerprint density at radius 3 is 2.57 bits per heavy atom. The Balaban J connectivity index is 1.72. The van der Waals surface area contributed by atoms with Gasteiger partial charge in [0.05, 0.1) is 10.4 Å². The third kappa shape index (κ3) is 1.50. The second-order valence-electron chi connectivity index (χ2n) is 4.57. The molecule has 3 atom stereocenters. The van der Waals surface area contributed by atoms with Crippen molar-refractivity contribution >= 4 is 22.9 Å². The van der Waals surface area contributed by atoms with Gasteiger partial charge in [-0.05, 0) is 49.1 Å². The fraction of sp³-hybridized carbons (Fsp3) is 0.636. The molecule has 0 amide bonds. The van der Waals surface area contributed by atoms with E-state index in [1.54, 1.807) is 0 Å². The van der Waals surface area contributed by atoms with E-state index in [-0.39, 0.29) is 6.10 Å². The van der Waals surface area contributed by atoms with Crippen LogP contribution in [0.5, 0.6) is 0 Å². The summed E-state index contributed by atoms with van der Waals surface area (Å²) >= 11 is 7.37. The molecule has 14 heavy (non-hydrogen) atoms. The largest absolute Gasteiger partial charge is 0.387 e. The van der Waals surface area contributed by atoms with Crippen molar-refractivity contribution in [2.45, 2.75) is 25.4 Å². The fourth-order valence-electron chi connectivity index (χ4n) is 2.74. The molecule has 1 aromatic heterocycles. The van der Waals surface area contributed by atoms with Gasteiger partial charge in [-0.15, -0.1) is 11.3 Å². The van der Waals surface area contributed by atoms with Gasteiger partial charge in [0.2, 0.25) is 0 Å². The van der Waals surface area contributed by atoms with Crippen LogP contribution in [0.4, 0.5) is 0 Å². The highest BCUT2D eigenvalue weighted by molar-refractivity contribution is 7.16. The molecule has 0 bridgehead atoms.